The van der Waals surface area contributed by atoms with Crippen LogP contribution in [0.5, 0.6) is 0 Å². The van der Waals surface area contributed by atoms with Crippen LogP contribution in [0.3, 0.4) is 0 Å². The highest BCUT2D eigenvalue weighted by Crippen LogP contribution is 2.23. The molecule has 0 aromatic heterocycles. The average Bonchev–Trinajstić information content (AvgIpc) is 3.49. The fourth-order valence-electron chi connectivity index (χ4n) is 9.04. The Morgan fingerprint density at radius 2 is 0.778 bits per heavy atom. The molecule has 6 N–H and O–H groups in total. The van der Waals surface area contributed by atoms with Crippen LogP contribution in [0.25, 0.3) is 0 Å². The minimum absolute atomic E-state index is 0.212. The first kappa shape index (κ1) is 74.8. The van der Waals surface area contributed by atoms with Crippen molar-refractivity contribution in [2.75, 3.05) is 13.2 Å². The number of rotatable bonds is 53. The molecule has 1 amide bonds. The molecule has 0 aromatic carbocycles. The van der Waals surface area contributed by atoms with Crippen LogP contribution >= 0.6 is 0 Å². The molecule has 1 rings (SSSR count). The summed E-state index contributed by atoms with van der Waals surface area (Å²) in [6.45, 7) is 3.63. The fourth-order valence-corrected chi connectivity index (χ4v) is 9.04. The monoisotopic (exact) mass is 1120 g/mol. The molecule has 458 valence electrons. The summed E-state index contributed by atoms with van der Waals surface area (Å²) in [5.74, 6) is -0.212. The van der Waals surface area contributed by atoms with Gasteiger partial charge >= 0.3 is 0 Å². The predicted molar refractivity (Wildman–Crippen MR) is 345 cm³/mol. The molecule has 0 aliphatic carbocycles. The second-order valence-corrected chi connectivity index (χ2v) is 21.4. The van der Waals surface area contributed by atoms with E-state index in [4.69, 9.17) is 9.47 Å². The summed E-state index contributed by atoms with van der Waals surface area (Å²) >= 11 is 0. The second kappa shape index (κ2) is 59.0. The zero-order chi connectivity index (χ0) is 58.6. The first-order valence-electron chi connectivity index (χ1n) is 32.2. The molecule has 1 saturated heterocycles. The molecule has 9 heteroatoms. The van der Waals surface area contributed by atoms with Gasteiger partial charge in [0.1, 0.15) is 24.4 Å². The zero-order valence-electron chi connectivity index (χ0n) is 51.0. The van der Waals surface area contributed by atoms with Gasteiger partial charge in [-0.25, -0.2) is 0 Å². The Balaban J connectivity index is 2.24. The Labute approximate surface area is 495 Å². The van der Waals surface area contributed by atoms with Gasteiger partial charge in [0.15, 0.2) is 6.29 Å². The van der Waals surface area contributed by atoms with E-state index in [9.17, 15) is 30.3 Å². The van der Waals surface area contributed by atoms with Crippen LogP contribution in [-0.2, 0) is 14.3 Å². The van der Waals surface area contributed by atoms with Crippen molar-refractivity contribution in [2.45, 2.75) is 275 Å². The van der Waals surface area contributed by atoms with E-state index >= 15 is 0 Å². The summed E-state index contributed by atoms with van der Waals surface area (Å²) in [5.41, 5.74) is 0. The number of unbranched alkanes of at least 4 members (excludes halogenated alkanes) is 19. The highest BCUT2D eigenvalue weighted by Gasteiger charge is 2.44. The number of aliphatic hydroxyl groups is 5. The Kier molecular flexibility index (Phi) is 54.5. The number of aliphatic hydroxyl groups excluding tert-OH is 5. The van der Waals surface area contributed by atoms with Crippen molar-refractivity contribution < 1.29 is 39.8 Å². The van der Waals surface area contributed by atoms with Crippen LogP contribution in [0, 0.1) is 0 Å². The van der Waals surface area contributed by atoms with Gasteiger partial charge in [0.25, 0.3) is 0 Å². The van der Waals surface area contributed by atoms with Crippen molar-refractivity contribution in [1.82, 2.24) is 5.32 Å². The van der Waals surface area contributed by atoms with Crippen molar-refractivity contribution in [2.24, 2.45) is 0 Å². The molecule has 1 fully saturated rings. The van der Waals surface area contributed by atoms with Gasteiger partial charge in [0, 0.05) is 6.42 Å². The number of hydrogen-bond acceptors (Lipinski definition) is 8. The van der Waals surface area contributed by atoms with Crippen molar-refractivity contribution in [3.8, 4) is 0 Å². The lowest BCUT2D eigenvalue weighted by molar-refractivity contribution is -0.302. The van der Waals surface area contributed by atoms with Gasteiger partial charge in [-0.3, -0.25) is 4.79 Å². The van der Waals surface area contributed by atoms with E-state index in [1.807, 2.05) is 6.08 Å². The van der Waals surface area contributed by atoms with Crippen molar-refractivity contribution in [1.29, 1.82) is 0 Å². The minimum Gasteiger partial charge on any atom is -0.394 e. The quantitative estimate of drug-likeness (QED) is 0.0261. The van der Waals surface area contributed by atoms with E-state index < -0.39 is 49.5 Å². The van der Waals surface area contributed by atoms with Gasteiger partial charge in [-0.1, -0.05) is 262 Å². The lowest BCUT2D eigenvalue weighted by Crippen LogP contribution is -2.60. The van der Waals surface area contributed by atoms with Crippen LogP contribution in [-0.4, -0.2) is 87.5 Å². The number of nitrogens with one attached hydrogen (secondary N) is 1. The molecule has 81 heavy (non-hydrogen) atoms. The highest BCUT2D eigenvalue weighted by molar-refractivity contribution is 5.76. The van der Waals surface area contributed by atoms with Crippen molar-refractivity contribution in [3.63, 3.8) is 0 Å². The molecule has 7 unspecified atom stereocenters. The first-order valence-corrected chi connectivity index (χ1v) is 32.2. The molecule has 7 atom stereocenters. The smallest absolute Gasteiger partial charge is 0.220 e. The SMILES string of the molecule is CC/C=C\C/C=C\C/C=C\C/C=C\C/C=C\C/C=C\C/C=C\C/C=C\C/C=C\C/C=C\CCCCCCCCC(=O)NC(COC1OC(CO)C(O)C(O)C1O)C(O)/C=C/CC/C=C/CC/C=C/CCCCCCCCCCCCC. The number of allylic oxidation sites excluding steroid dienone is 25. The van der Waals surface area contributed by atoms with E-state index in [1.54, 1.807) is 6.08 Å². The number of amides is 1. The Hall–Kier alpha value is -4.19. The number of carbonyl (C=O) groups is 1. The standard InChI is InChI=1S/C72H117NO8/c1-3-5-7-9-11-13-15-17-19-21-23-25-26-27-28-29-30-31-32-33-34-35-36-37-38-39-40-42-44-46-48-50-52-54-56-58-60-62-68(76)73-65(64-80-72-71(79)70(78)69(77)67(63-74)81-72)66(75)61-59-57-55-53-51-49-47-45-43-41-24-22-20-18-16-14-12-10-8-6-4-2/h5,7,11,13,17,19,23,25,27-28,30-31,33-34,36-37,39-40,43-46,51,53,59,61,65-67,69-72,74-75,77-79H,3-4,6,8-10,12,14-16,18,20-22,24,26,29,32,35,38,41-42,47-50,52,54-58,60,62-64H2,1-2H3,(H,73,76)/b7-5-,13-11-,19-17-,25-23-,28-27-,31-30-,34-33-,37-36-,40-39-,45-43+,46-44-,53-51+,61-59+. The maximum atomic E-state index is 13.1. The molecule has 1 heterocycles. The van der Waals surface area contributed by atoms with Gasteiger partial charge in [-0.15, -0.1) is 0 Å². The predicted octanol–water partition coefficient (Wildman–Crippen LogP) is 17.2. The van der Waals surface area contributed by atoms with Crippen molar-refractivity contribution >= 4 is 5.91 Å². The van der Waals surface area contributed by atoms with Crippen LogP contribution in [0.2, 0.25) is 0 Å². The van der Waals surface area contributed by atoms with Crippen LogP contribution in [0.15, 0.2) is 158 Å². The molecule has 0 radical (unpaired) electrons. The maximum Gasteiger partial charge on any atom is 0.220 e. The van der Waals surface area contributed by atoms with E-state index in [2.05, 4.69) is 165 Å². The lowest BCUT2D eigenvalue weighted by atomic mass is 9.99. The Bertz CT molecular complexity index is 1830. The molecule has 1 aliphatic rings. The third-order valence-corrected chi connectivity index (χ3v) is 14.1. The van der Waals surface area contributed by atoms with Crippen LogP contribution in [0.1, 0.15) is 232 Å². The van der Waals surface area contributed by atoms with Crippen LogP contribution < -0.4 is 5.32 Å². The molecular formula is C72H117NO8. The summed E-state index contributed by atoms with van der Waals surface area (Å²) < 4.78 is 11.3. The van der Waals surface area contributed by atoms with E-state index in [-0.39, 0.29) is 12.5 Å². The summed E-state index contributed by atoms with van der Waals surface area (Å²) in [6.07, 6.45) is 86.0. The topological polar surface area (TPSA) is 149 Å². The number of ether oxygens (including phenoxy) is 2. The minimum atomic E-state index is -1.59. The molecule has 9 nitrogen and oxygen atoms in total. The lowest BCUT2D eigenvalue weighted by Gasteiger charge is -2.40. The second-order valence-electron chi connectivity index (χ2n) is 21.4. The van der Waals surface area contributed by atoms with Gasteiger partial charge < -0.3 is 40.3 Å². The summed E-state index contributed by atoms with van der Waals surface area (Å²) in [4.78, 5) is 13.1. The van der Waals surface area contributed by atoms with Gasteiger partial charge in [-0.2, -0.15) is 0 Å². The summed E-state index contributed by atoms with van der Waals surface area (Å²) in [6, 6.07) is -0.849. The van der Waals surface area contributed by atoms with Gasteiger partial charge in [0.05, 0.1) is 25.4 Å². The normalized spacial score (nSPS) is 19.5. The molecule has 0 aromatic rings. The van der Waals surface area contributed by atoms with E-state index in [1.165, 1.54) is 70.6 Å². The number of hydrogen-bond donors (Lipinski definition) is 6. The highest BCUT2D eigenvalue weighted by atomic mass is 16.7. The van der Waals surface area contributed by atoms with E-state index in [0.29, 0.717) is 6.42 Å². The van der Waals surface area contributed by atoms with Gasteiger partial charge in [-0.05, 0) is 122 Å². The third-order valence-electron chi connectivity index (χ3n) is 14.1. The zero-order valence-corrected chi connectivity index (χ0v) is 51.0. The molecule has 0 bridgehead atoms. The maximum absolute atomic E-state index is 13.1. The number of carbonyl (C=O) groups excluding carboxylic acids is 1. The summed E-state index contributed by atoms with van der Waals surface area (Å²) in [7, 11) is 0. The Morgan fingerprint density at radius 1 is 0.432 bits per heavy atom. The molecule has 1 aliphatic heterocycles. The van der Waals surface area contributed by atoms with Crippen LogP contribution in [0.4, 0.5) is 0 Å². The van der Waals surface area contributed by atoms with E-state index in [0.717, 1.165) is 141 Å². The third kappa shape index (κ3) is 47.9. The first-order chi connectivity index (χ1) is 39.8. The molecular weight excluding hydrogens is 1010 g/mol. The summed E-state index contributed by atoms with van der Waals surface area (Å²) in [5, 5.41) is 54.6. The average molecular weight is 1120 g/mol. The Morgan fingerprint density at radius 3 is 1.19 bits per heavy atom. The molecule has 0 spiro atoms. The van der Waals surface area contributed by atoms with Gasteiger partial charge in [0.2, 0.25) is 5.91 Å². The van der Waals surface area contributed by atoms with Crippen molar-refractivity contribution in [3.05, 3.63) is 158 Å². The fraction of sp³-hybridized carbons (Fsp3) is 0.625. The largest absolute Gasteiger partial charge is 0.394 e. The molecule has 0 saturated carbocycles.